The second-order valence-corrected chi connectivity index (χ2v) is 5.45. The van der Waals surface area contributed by atoms with Crippen LogP contribution in [0.3, 0.4) is 0 Å². The maximum absolute atomic E-state index is 10.8. The monoisotopic (exact) mass is 308 g/mol. The molecule has 0 N–H and O–H groups in total. The van der Waals surface area contributed by atoms with Gasteiger partial charge in [0.1, 0.15) is 18.6 Å². The predicted octanol–water partition coefficient (Wildman–Crippen LogP) is 5.00. The van der Waals surface area contributed by atoms with E-state index < -0.39 is 0 Å². The summed E-state index contributed by atoms with van der Waals surface area (Å²) in [6.45, 7) is 4.24. The first kappa shape index (κ1) is 14.9. The van der Waals surface area contributed by atoms with Gasteiger partial charge < -0.3 is 4.74 Å². The van der Waals surface area contributed by atoms with Crippen LogP contribution in [-0.2, 0) is 6.61 Å². The topological polar surface area (TPSA) is 26.3 Å². The van der Waals surface area contributed by atoms with Crippen LogP contribution in [0.4, 0.5) is 0 Å². The minimum atomic E-state index is 0.402. The molecular weight excluding hydrogens is 295 g/mol. The third kappa shape index (κ3) is 3.33. The van der Waals surface area contributed by atoms with E-state index in [2.05, 4.69) is 0 Å². The lowest BCUT2D eigenvalue weighted by Crippen LogP contribution is -2.00. The highest BCUT2D eigenvalue weighted by atomic mass is 35.5. The Kier molecular flexibility index (Phi) is 4.69. The van der Waals surface area contributed by atoms with Gasteiger partial charge in [-0.1, -0.05) is 29.3 Å². The van der Waals surface area contributed by atoms with Gasteiger partial charge in [0.25, 0.3) is 0 Å². The maximum atomic E-state index is 10.8. The molecule has 20 heavy (non-hydrogen) atoms. The molecule has 0 amide bonds. The van der Waals surface area contributed by atoms with Crippen molar-refractivity contribution in [1.82, 2.24) is 0 Å². The number of rotatable bonds is 4. The molecule has 0 saturated carbocycles. The minimum Gasteiger partial charge on any atom is -0.488 e. The van der Waals surface area contributed by atoms with E-state index in [1.165, 1.54) is 0 Å². The Morgan fingerprint density at radius 3 is 2.25 bits per heavy atom. The van der Waals surface area contributed by atoms with Crippen LogP contribution in [0.25, 0.3) is 0 Å². The van der Waals surface area contributed by atoms with E-state index in [0.717, 1.165) is 28.7 Å². The molecule has 4 heteroatoms. The summed E-state index contributed by atoms with van der Waals surface area (Å²) in [6.07, 6.45) is 0.836. The fourth-order valence-corrected chi connectivity index (χ4v) is 2.39. The van der Waals surface area contributed by atoms with Crippen molar-refractivity contribution in [2.45, 2.75) is 20.5 Å². The summed E-state index contributed by atoms with van der Waals surface area (Å²) >= 11 is 11.8. The molecule has 0 aliphatic rings. The molecular formula is C16H14Cl2O2. The van der Waals surface area contributed by atoms with E-state index in [0.29, 0.717) is 22.2 Å². The molecule has 2 aromatic carbocycles. The molecule has 0 unspecified atom stereocenters. The van der Waals surface area contributed by atoms with E-state index >= 15 is 0 Å². The SMILES string of the molecule is Cc1cc(C=O)cc(C)c1OCc1ccc(Cl)c(Cl)c1. The van der Waals surface area contributed by atoms with Crippen LogP contribution in [0.15, 0.2) is 30.3 Å². The van der Waals surface area contributed by atoms with Crippen molar-refractivity contribution in [3.8, 4) is 5.75 Å². The molecule has 0 fully saturated rings. The molecule has 0 aliphatic heterocycles. The molecule has 2 rings (SSSR count). The Morgan fingerprint density at radius 1 is 1.05 bits per heavy atom. The molecule has 0 radical (unpaired) electrons. The lowest BCUT2D eigenvalue weighted by Gasteiger charge is -2.13. The van der Waals surface area contributed by atoms with Gasteiger partial charge in [0.05, 0.1) is 10.0 Å². The summed E-state index contributed by atoms with van der Waals surface area (Å²) in [6, 6.07) is 9.03. The van der Waals surface area contributed by atoms with Crippen LogP contribution < -0.4 is 4.74 Å². The van der Waals surface area contributed by atoms with Gasteiger partial charge in [-0.2, -0.15) is 0 Å². The molecule has 0 aromatic heterocycles. The Hall–Kier alpha value is -1.51. The summed E-state index contributed by atoms with van der Waals surface area (Å²) in [7, 11) is 0. The average molecular weight is 309 g/mol. The van der Waals surface area contributed by atoms with Gasteiger partial charge in [-0.3, -0.25) is 4.79 Å². The number of aryl methyl sites for hydroxylation is 2. The van der Waals surface area contributed by atoms with Crippen molar-refractivity contribution < 1.29 is 9.53 Å². The molecule has 0 atom stereocenters. The average Bonchev–Trinajstić information content (AvgIpc) is 2.41. The standard InChI is InChI=1S/C16H14Cl2O2/c1-10-5-13(8-19)6-11(2)16(10)20-9-12-3-4-14(17)15(18)7-12/h3-8H,9H2,1-2H3. The third-order valence-corrected chi connectivity index (χ3v) is 3.72. The molecule has 0 aliphatic carbocycles. The second-order valence-electron chi connectivity index (χ2n) is 4.64. The van der Waals surface area contributed by atoms with Gasteiger partial charge in [-0.25, -0.2) is 0 Å². The van der Waals surface area contributed by atoms with Crippen LogP contribution in [0, 0.1) is 13.8 Å². The zero-order chi connectivity index (χ0) is 14.7. The number of aldehydes is 1. The number of carbonyl (C=O) groups is 1. The first-order valence-corrected chi connectivity index (χ1v) is 6.90. The quantitative estimate of drug-likeness (QED) is 0.743. The normalized spacial score (nSPS) is 10.4. The van der Waals surface area contributed by atoms with Crippen molar-refractivity contribution in [2.24, 2.45) is 0 Å². The van der Waals surface area contributed by atoms with E-state index in [9.17, 15) is 4.79 Å². The van der Waals surface area contributed by atoms with Crippen molar-refractivity contribution >= 4 is 29.5 Å². The smallest absolute Gasteiger partial charge is 0.150 e. The van der Waals surface area contributed by atoms with Gasteiger partial charge in [0.15, 0.2) is 0 Å². The number of hydrogen-bond acceptors (Lipinski definition) is 2. The number of ether oxygens (including phenoxy) is 1. The van der Waals surface area contributed by atoms with Crippen molar-refractivity contribution in [1.29, 1.82) is 0 Å². The van der Waals surface area contributed by atoms with Gasteiger partial charge in [0, 0.05) is 5.56 Å². The molecule has 2 aromatic rings. The summed E-state index contributed by atoms with van der Waals surface area (Å²) in [5.74, 6) is 0.793. The van der Waals surface area contributed by atoms with Crippen molar-refractivity contribution in [2.75, 3.05) is 0 Å². The van der Waals surface area contributed by atoms with E-state index in [4.69, 9.17) is 27.9 Å². The molecule has 2 nitrogen and oxygen atoms in total. The van der Waals surface area contributed by atoms with Crippen LogP contribution in [0.2, 0.25) is 10.0 Å². The third-order valence-electron chi connectivity index (χ3n) is 2.99. The Bertz CT molecular complexity index is 628. The first-order valence-electron chi connectivity index (χ1n) is 6.14. The molecule has 0 bridgehead atoms. The molecule has 0 spiro atoms. The van der Waals surface area contributed by atoms with Crippen LogP contribution >= 0.6 is 23.2 Å². The fourth-order valence-electron chi connectivity index (χ4n) is 2.06. The first-order chi connectivity index (χ1) is 9.51. The summed E-state index contributed by atoms with van der Waals surface area (Å²) in [4.78, 5) is 10.8. The maximum Gasteiger partial charge on any atom is 0.150 e. The lowest BCUT2D eigenvalue weighted by atomic mass is 10.1. The van der Waals surface area contributed by atoms with Crippen LogP contribution in [-0.4, -0.2) is 6.29 Å². The highest BCUT2D eigenvalue weighted by Gasteiger charge is 2.07. The van der Waals surface area contributed by atoms with E-state index in [1.807, 2.05) is 32.0 Å². The molecule has 104 valence electrons. The molecule has 0 saturated heterocycles. The summed E-state index contributed by atoms with van der Waals surface area (Å²) in [5.41, 5.74) is 3.47. The summed E-state index contributed by atoms with van der Waals surface area (Å²) in [5, 5.41) is 1.04. The van der Waals surface area contributed by atoms with E-state index in [1.54, 1.807) is 12.1 Å². The van der Waals surface area contributed by atoms with Crippen molar-refractivity contribution in [3.05, 3.63) is 62.6 Å². The van der Waals surface area contributed by atoms with Gasteiger partial charge in [-0.15, -0.1) is 0 Å². The van der Waals surface area contributed by atoms with Crippen LogP contribution in [0.1, 0.15) is 27.0 Å². The number of carbonyl (C=O) groups excluding carboxylic acids is 1. The van der Waals surface area contributed by atoms with Crippen LogP contribution in [0.5, 0.6) is 5.75 Å². The minimum absolute atomic E-state index is 0.402. The fraction of sp³-hybridized carbons (Fsp3) is 0.188. The van der Waals surface area contributed by atoms with Gasteiger partial charge >= 0.3 is 0 Å². The van der Waals surface area contributed by atoms with Crippen molar-refractivity contribution in [3.63, 3.8) is 0 Å². The Balaban J connectivity index is 2.18. The van der Waals surface area contributed by atoms with Gasteiger partial charge in [-0.05, 0) is 54.8 Å². The van der Waals surface area contributed by atoms with Gasteiger partial charge in [0.2, 0.25) is 0 Å². The number of halogens is 2. The zero-order valence-electron chi connectivity index (χ0n) is 11.2. The largest absolute Gasteiger partial charge is 0.488 e. The zero-order valence-corrected chi connectivity index (χ0v) is 12.8. The Morgan fingerprint density at radius 2 is 1.70 bits per heavy atom. The number of benzene rings is 2. The highest BCUT2D eigenvalue weighted by molar-refractivity contribution is 6.42. The summed E-state index contributed by atoms with van der Waals surface area (Å²) < 4.78 is 5.83. The highest BCUT2D eigenvalue weighted by Crippen LogP contribution is 2.27. The lowest BCUT2D eigenvalue weighted by molar-refractivity contribution is 0.112. The number of hydrogen-bond donors (Lipinski definition) is 0. The second kappa shape index (κ2) is 6.29. The molecule has 0 heterocycles. The van der Waals surface area contributed by atoms with E-state index in [-0.39, 0.29) is 0 Å². The predicted molar refractivity (Wildman–Crippen MR) is 82.1 cm³/mol. The Labute approximate surface area is 128 Å².